The molecular formula is C15H10BrF3N2O3. The molecule has 0 atom stereocenters. The van der Waals surface area contributed by atoms with Crippen molar-refractivity contribution in [3.63, 3.8) is 0 Å². The standard InChI is InChI=1S/C15H10BrF3N2O3/c16-11-5-9(12(22)6-13(11)23)7-20-21-14(24)8-2-1-3-10(4-8)15(17,18)19/h1-7,22-23H,(H,21,24)/b20-7-. The van der Waals surface area contributed by atoms with Gasteiger partial charge in [0.05, 0.1) is 16.3 Å². The second kappa shape index (κ2) is 6.91. The number of alkyl halides is 3. The fourth-order valence-electron chi connectivity index (χ4n) is 1.73. The molecule has 2 rings (SSSR count). The van der Waals surface area contributed by atoms with E-state index in [0.29, 0.717) is 10.5 Å². The van der Waals surface area contributed by atoms with Crippen molar-refractivity contribution in [1.82, 2.24) is 5.43 Å². The molecule has 1 amide bonds. The number of hydrogen-bond donors (Lipinski definition) is 3. The third-order valence-corrected chi connectivity index (χ3v) is 3.55. The molecule has 0 unspecified atom stereocenters. The minimum atomic E-state index is -4.55. The largest absolute Gasteiger partial charge is 0.507 e. The molecular weight excluding hydrogens is 393 g/mol. The number of aromatic hydroxyl groups is 2. The Bertz CT molecular complexity index is 807. The maximum atomic E-state index is 12.6. The fourth-order valence-corrected chi connectivity index (χ4v) is 2.09. The van der Waals surface area contributed by atoms with Crippen molar-refractivity contribution in [3.05, 3.63) is 57.6 Å². The van der Waals surface area contributed by atoms with E-state index in [1.807, 2.05) is 0 Å². The predicted molar refractivity (Wildman–Crippen MR) is 84.0 cm³/mol. The van der Waals surface area contributed by atoms with Crippen molar-refractivity contribution < 1.29 is 28.2 Å². The first-order chi connectivity index (χ1) is 11.2. The number of rotatable bonds is 3. The van der Waals surface area contributed by atoms with Crippen LogP contribution in [0.4, 0.5) is 13.2 Å². The van der Waals surface area contributed by atoms with E-state index >= 15 is 0 Å². The average molecular weight is 403 g/mol. The zero-order valence-corrected chi connectivity index (χ0v) is 13.4. The Morgan fingerprint density at radius 2 is 1.88 bits per heavy atom. The second-order valence-electron chi connectivity index (χ2n) is 4.64. The topological polar surface area (TPSA) is 81.9 Å². The first-order valence-corrected chi connectivity index (χ1v) is 7.20. The van der Waals surface area contributed by atoms with E-state index in [1.165, 1.54) is 12.1 Å². The predicted octanol–water partition coefficient (Wildman–Crippen LogP) is 3.64. The lowest BCUT2D eigenvalue weighted by molar-refractivity contribution is -0.137. The maximum absolute atomic E-state index is 12.6. The van der Waals surface area contributed by atoms with Gasteiger partial charge in [-0.25, -0.2) is 5.43 Å². The van der Waals surface area contributed by atoms with Gasteiger partial charge in [0.25, 0.3) is 5.91 Å². The number of nitrogens with zero attached hydrogens (tertiary/aromatic N) is 1. The number of benzene rings is 2. The molecule has 24 heavy (non-hydrogen) atoms. The molecule has 0 saturated heterocycles. The Morgan fingerprint density at radius 1 is 1.17 bits per heavy atom. The van der Waals surface area contributed by atoms with E-state index in [1.54, 1.807) is 0 Å². The average Bonchev–Trinajstić information content (AvgIpc) is 2.51. The van der Waals surface area contributed by atoms with E-state index < -0.39 is 17.6 Å². The first-order valence-electron chi connectivity index (χ1n) is 6.40. The lowest BCUT2D eigenvalue weighted by Crippen LogP contribution is -2.18. The van der Waals surface area contributed by atoms with Gasteiger partial charge in [-0.15, -0.1) is 0 Å². The molecule has 3 N–H and O–H groups in total. The van der Waals surface area contributed by atoms with Crippen molar-refractivity contribution in [2.24, 2.45) is 5.10 Å². The number of hydrazone groups is 1. The van der Waals surface area contributed by atoms with Gasteiger partial charge in [-0.05, 0) is 40.2 Å². The third-order valence-electron chi connectivity index (χ3n) is 2.92. The van der Waals surface area contributed by atoms with E-state index in [0.717, 1.165) is 24.4 Å². The van der Waals surface area contributed by atoms with Crippen molar-refractivity contribution in [3.8, 4) is 11.5 Å². The van der Waals surface area contributed by atoms with E-state index in [2.05, 4.69) is 26.5 Å². The Kier molecular flexibility index (Phi) is 5.13. The number of amides is 1. The molecule has 0 saturated carbocycles. The van der Waals surface area contributed by atoms with Crippen LogP contribution in [0, 0.1) is 0 Å². The summed E-state index contributed by atoms with van der Waals surface area (Å²) in [6.45, 7) is 0. The van der Waals surface area contributed by atoms with Crippen LogP contribution in [0.1, 0.15) is 21.5 Å². The summed E-state index contributed by atoms with van der Waals surface area (Å²) in [7, 11) is 0. The Morgan fingerprint density at radius 3 is 2.54 bits per heavy atom. The van der Waals surface area contributed by atoms with E-state index in [9.17, 15) is 28.2 Å². The number of phenolic OH excluding ortho intramolecular Hbond substituents is 2. The number of carbonyl (C=O) groups excluding carboxylic acids is 1. The van der Waals surface area contributed by atoms with Gasteiger partial charge in [0.1, 0.15) is 11.5 Å². The SMILES string of the molecule is O=C(N/N=C\c1cc(Br)c(O)cc1O)c1cccc(C(F)(F)F)c1. The molecule has 0 bridgehead atoms. The summed E-state index contributed by atoms with van der Waals surface area (Å²) in [5.74, 6) is -1.31. The first kappa shape index (κ1) is 17.8. The summed E-state index contributed by atoms with van der Waals surface area (Å²) in [6, 6.07) is 6.31. The number of nitrogens with one attached hydrogen (secondary N) is 1. The van der Waals surface area contributed by atoms with Gasteiger partial charge < -0.3 is 10.2 Å². The quantitative estimate of drug-likeness (QED) is 0.541. The summed E-state index contributed by atoms with van der Waals surface area (Å²) >= 11 is 3.05. The Hall–Kier alpha value is -2.55. The molecule has 0 aromatic heterocycles. The van der Waals surface area contributed by atoms with E-state index in [4.69, 9.17) is 0 Å². The second-order valence-corrected chi connectivity index (χ2v) is 5.49. The van der Waals surface area contributed by atoms with Gasteiger partial charge in [-0.2, -0.15) is 18.3 Å². The molecule has 0 heterocycles. The highest BCUT2D eigenvalue weighted by atomic mass is 79.9. The van der Waals surface area contributed by atoms with Gasteiger partial charge in [-0.1, -0.05) is 6.07 Å². The minimum absolute atomic E-state index is 0.183. The summed E-state index contributed by atoms with van der Waals surface area (Å²) in [4.78, 5) is 11.8. The summed E-state index contributed by atoms with van der Waals surface area (Å²) in [5.41, 5.74) is 1.09. The summed E-state index contributed by atoms with van der Waals surface area (Å²) in [6.07, 6.45) is -3.46. The molecule has 0 aliphatic rings. The zero-order valence-electron chi connectivity index (χ0n) is 11.8. The highest BCUT2D eigenvalue weighted by Crippen LogP contribution is 2.30. The van der Waals surface area contributed by atoms with Crippen LogP contribution >= 0.6 is 15.9 Å². The molecule has 9 heteroatoms. The molecule has 0 radical (unpaired) electrons. The van der Waals surface area contributed by atoms with Crippen molar-refractivity contribution in [1.29, 1.82) is 0 Å². The van der Waals surface area contributed by atoms with Crippen LogP contribution in [0.3, 0.4) is 0 Å². The molecule has 126 valence electrons. The Labute approximate surface area is 142 Å². The monoisotopic (exact) mass is 402 g/mol. The van der Waals surface area contributed by atoms with Crippen LogP contribution in [0.15, 0.2) is 46.0 Å². The highest BCUT2D eigenvalue weighted by Gasteiger charge is 2.30. The number of halogens is 4. The molecule has 2 aromatic rings. The number of carbonyl (C=O) groups is 1. The van der Waals surface area contributed by atoms with Gasteiger partial charge in [0.15, 0.2) is 0 Å². The van der Waals surface area contributed by atoms with E-state index in [-0.39, 0.29) is 22.6 Å². The lowest BCUT2D eigenvalue weighted by atomic mass is 10.1. The van der Waals surface area contributed by atoms with Crippen LogP contribution < -0.4 is 5.43 Å². The number of phenols is 2. The Balaban J connectivity index is 2.12. The molecule has 0 spiro atoms. The van der Waals surface area contributed by atoms with Crippen molar-refractivity contribution in [2.45, 2.75) is 6.18 Å². The van der Waals surface area contributed by atoms with Crippen molar-refractivity contribution >= 4 is 28.1 Å². The molecule has 0 aliphatic carbocycles. The van der Waals surface area contributed by atoms with Gasteiger partial charge >= 0.3 is 6.18 Å². The lowest BCUT2D eigenvalue weighted by Gasteiger charge is -2.07. The normalized spacial score (nSPS) is 11.7. The van der Waals surface area contributed by atoms with Crippen LogP contribution in [0.5, 0.6) is 11.5 Å². The van der Waals surface area contributed by atoms with Crippen molar-refractivity contribution in [2.75, 3.05) is 0 Å². The maximum Gasteiger partial charge on any atom is 0.416 e. The van der Waals surface area contributed by atoms with Crippen LogP contribution in [0.25, 0.3) is 0 Å². The van der Waals surface area contributed by atoms with Gasteiger partial charge in [0, 0.05) is 17.2 Å². The van der Waals surface area contributed by atoms with Crippen LogP contribution in [-0.4, -0.2) is 22.3 Å². The summed E-state index contributed by atoms with van der Waals surface area (Å²) < 4.78 is 38.1. The van der Waals surface area contributed by atoms with Crippen LogP contribution in [-0.2, 0) is 6.18 Å². The molecule has 2 aromatic carbocycles. The van der Waals surface area contributed by atoms with Crippen LogP contribution in [0.2, 0.25) is 0 Å². The zero-order chi connectivity index (χ0) is 17.9. The van der Waals surface area contributed by atoms with Gasteiger partial charge in [0.2, 0.25) is 0 Å². The molecule has 5 nitrogen and oxygen atoms in total. The third kappa shape index (κ3) is 4.25. The fraction of sp³-hybridized carbons (Fsp3) is 0.0667. The number of hydrogen-bond acceptors (Lipinski definition) is 4. The molecule has 0 aliphatic heterocycles. The minimum Gasteiger partial charge on any atom is -0.507 e. The summed E-state index contributed by atoms with van der Waals surface area (Å²) in [5, 5.41) is 22.6. The van der Waals surface area contributed by atoms with Gasteiger partial charge in [-0.3, -0.25) is 4.79 Å². The molecule has 0 fully saturated rings. The smallest absolute Gasteiger partial charge is 0.416 e. The highest BCUT2D eigenvalue weighted by molar-refractivity contribution is 9.10.